The van der Waals surface area contributed by atoms with Gasteiger partial charge in [-0.2, -0.15) is 33.7 Å². The number of rotatable bonds is 11. The van der Waals surface area contributed by atoms with E-state index < -0.39 is 29.5 Å². The molecule has 0 bridgehead atoms. The Morgan fingerprint density at radius 1 is 1.48 bits per heavy atom. The van der Waals surface area contributed by atoms with Crippen LogP contribution < -0.4 is 21.3 Å². The topological polar surface area (TPSA) is 133 Å². The van der Waals surface area contributed by atoms with Gasteiger partial charge in [0.2, 0.25) is 0 Å². The van der Waals surface area contributed by atoms with Crippen molar-refractivity contribution in [1.82, 2.24) is 15.6 Å². The summed E-state index contributed by atoms with van der Waals surface area (Å²) in [6.45, 7) is -1.47. The molecule has 0 spiro atoms. The summed E-state index contributed by atoms with van der Waals surface area (Å²) in [6.07, 6.45) is -5.01. The van der Waals surface area contributed by atoms with E-state index in [1.54, 1.807) is 0 Å². The van der Waals surface area contributed by atoms with E-state index >= 15 is 0 Å². The fraction of sp³-hybridized carbons (Fsp3) is 0.538. The Morgan fingerprint density at radius 3 is 2.66 bits per heavy atom. The lowest BCUT2D eigenvalue weighted by Gasteiger charge is -2.26. The third kappa shape index (κ3) is 7.88. The number of halogens is 5. The second kappa shape index (κ2) is 10.4. The SMILES string of the molecule is CN/C(=C\[N+](=O)[O-])NCCSCc1csc(N(CC(F)(F)C(F)(F)F)C(=N)N)n1. The molecule has 0 aliphatic heterocycles. The zero-order chi connectivity index (χ0) is 22.2. The van der Waals surface area contributed by atoms with E-state index in [1.165, 1.54) is 24.2 Å². The second-order valence-electron chi connectivity index (χ2n) is 5.35. The van der Waals surface area contributed by atoms with Crippen LogP contribution in [0.4, 0.5) is 27.1 Å². The molecule has 0 amide bonds. The van der Waals surface area contributed by atoms with Crippen LogP contribution in [0.25, 0.3) is 0 Å². The highest BCUT2D eigenvalue weighted by atomic mass is 32.2. The summed E-state index contributed by atoms with van der Waals surface area (Å²) in [5.41, 5.74) is 5.56. The molecule has 0 fully saturated rings. The summed E-state index contributed by atoms with van der Waals surface area (Å²) >= 11 is 2.14. The highest BCUT2D eigenvalue weighted by Gasteiger charge is 2.58. The van der Waals surface area contributed by atoms with E-state index in [1.807, 2.05) is 0 Å². The molecule has 5 N–H and O–H groups in total. The van der Waals surface area contributed by atoms with Crippen molar-refractivity contribution in [3.8, 4) is 0 Å². The molecule has 16 heteroatoms. The Kier molecular flexibility index (Phi) is 8.87. The van der Waals surface area contributed by atoms with Gasteiger partial charge in [0.25, 0.3) is 6.20 Å². The number of nitro groups is 1. The van der Waals surface area contributed by atoms with Crippen LogP contribution in [0, 0.1) is 15.5 Å². The molecule has 164 valence electrons. The number of hydrogen-bond acceptors (Lipinski definition) is 8. The standard InChI is InChI=1S/C13H18F5N7O2S2/c1-21-9(4-25(26)27)22-2-3-28-5-8-6-29-11(23-8)24(10(19)20)7-12(14,15)13(16,17)18/h4,6,21-22H,2-3,5,7H2,1H3,(H3,19,20)/b9-4+. The maximum Gasteiger partial charge on any atom is 0.455 e. The Hall–Kier alpha value is -2.36. The molecule has 0 saturated carbocycles. The van der Waals surface area contributed by atoms with Gasteiger partial charge in [-0.3, -0.25) is 20.4 Å². The second-order valence-corrected chi connectivity index (χ2v) is 7.29. The molecular weight excluding hydrogens is 445 g/mol. The average molecular weight is 463 g/mol. The van der Waals surface area contributed by atoms with Gasteiger partial charge in [-0.15, -0.1) is 11.3 Å². The van der Waals surface area contributed by atoms with E-state index in [4.69, 9.17) is 11.1 Å². The molecule has 0 aliphatic rings. The lowest BCUT2D eigenvalue weighted by Crippen LogP contribution is -2.50. The van der Waals surface area contributed by atoms with Crippen molar-refractivity contribution in [2.75, 3.05) is 30.8 Å². The van der Waals surface area contributed by atoms with E-state index in [-0.39, 0.29) is 11.0 Å². The van der Waals surface area contributed by atoms with Crippen LogP contribution in [0.3, 0.4) is 0 Å². The number of alkyl halides is 5. The van der Waals surface area contributed by atoms with E-state index in [0.717, 1.165) is 17.5 Å². The minimum absolute atomic E-state index is 0.217. The van der Waals surface area contributed by atoms with Gasteiger partial charge in [0, 0.05) is 30.5 Å². The third-order valence-electron chi connectivity index (χ3n) is 3.15. The monoisotopic (exact) mass is 463 g/mol. The first-order valence-electron chi connectivity index (χ1n) is 7.72. The van der Waals surface area contributed by atoms with Crippen molar-refractivity contribution in [2.45, 2.75) is 17.9 Å². The van der Waals surface area contributed by atoms with Crippen LogP contribution in [-0.2, 0) is 5.75 Å². The number of aromatic nitrogens is 1. The van der Waals surface area contributed by atoms with Gasteiger partial charge in [-0.1, -0.05) is 0 Å². The lowest BCUT2D eigenvalue weighted by atomic mass is 10.3. The minimum atomic E-state index is -5.78. The highest BCUT2D eigenvalue weighted by Crippen LogP contribution is 2.37. The lowest BCUT2D eigenvalue weighted by molar-refractivity contribution is -0.404. The van der Waals surface area contributed by atoms with E-state index in [2.05, 4.69) is 15.6 Å². The molecule has 0 aliphatic carbocycles. The van der Waals surface area contributed by atoms with Gasteiger partial charge in [0.1, 0.15) is 6.54 Å². The molecule has 0 aromatic carbocycles. The molecule has 0 atom stereocenters. The fourth-order valence-corrected chi connectivity index (χ4v) is 3.46. The predicted molar refractivity (Wildman–Crippen MR) is 101 cm³/mol. The van der Waals surface area contributed by atoms with Crippen molar-refractivity contribution in [3.63, 3.8) is 0 Å². The summed E-state index contributed by atoms with van der Waals surface area (Å²) in [5.74, 6) is -5.01. The molecule has 0 radical (unpaired) electrons. The van der Waals surface area contributed by atoms with E-state index in [0.29, 0.717) is 28.6 Å². The zero-order valence-corrected chi connectivity index (χ0v) is 16.6. The fourth-order valence-electron chi connectivity index (χ4n) is 1.77. The molecular formula is C13H18F5N7O2S2. The summed E-state index contributed by atoms with van der Waals surface area (Å²) in [7, 11) is 1.51. The maximum atomic E-state index is 13.3. The van der Waals surface area contributed by atoms with Crippen molar-refractivity contribution in [3.05, 3.63) is 33.2 Å². The number of thiazole rings is 1. The van der Waals surface area contributed by atoms with Gasteiger partial charge >= 0.3 is 12.1 Å². The van der Waals surface area contributed by atoms with Crippen LogP contribution in [0.1, 0.15) is 5.69 Å². The maximum absolute atomic E-state index is 13.3. The summed E-state index contributed by atoms with van der Waals surface area (Å²) in [5, 5.41) is 24.3. The summed E-state index contributed by atoms with van der Waals surface area (Å²) in [4.78, 5) is 14.0. The number of nitrogens with one attached hydrogen (secondary N) is 3. The predicted octanol–water partition coefficient (Wildman–Crippen LogP) is 2.16. The molecule has 1 aromatic heterocycles. The Morgan fingerprint density at radius 2 is 2.14 bits per heavy atom. The van der Waals surface area contributed by atoms with Crippen LogP contribution >= 0.6 is 23.1 Å². The molecule has 1 rings (SSSR count). The first-order chi connectivity index (χ1) is 13.4. The van der Waals surface area contributed by atoms with Crippen LogP contribution in [-0.4, -0.2) is 53.9 Å². The number of nitrogens with zero attached hydrogens (tertiary/aromatic N) is 3. The highest BCUT2D eigenvalue weighted by molar-refractivity contribution is 7.98. The quantitative estimate of drug-likeness (QED) is 0.0980. The van der Waals surface area contributed by atoms with Gasteiger partial charge in [-0.05, 0) is 0 Å². The Labute approximate surface area is 170 Å². The minimum Gasteiger partial charge on any atom is -0.370 e. The summed E-state index contributed by atoms with van der Waals surface area (Å²) in [6, 6.07) is 0. The molecule has 1 aromatic rings. The average Bonchev–Trinajstić information content (AvgIpc) is 3.05. The zero-order valence-electron chi connectivity index (χ0n) is 14.9. The van der Waals surface area contributed by atoms with Crippen molar-refractivity contribution in [1.29, 1.82) is 5.41 Å². The van der Waals surface area contributed by atoms with Gasteiger partial charge < -0.3 is 16.4 Å². The number of hydrogen-bond donors (Lipinski definition) is 4. The van der Waals surface area contributed by atoms with Gasteiger partial charge in [-0.25, -0.2) is 4.98 Å². The summed E-state index contributed by atoms with van der Waals surface area (Å²) < 4.78 is 63.8. The first-order valence-corrected chi connectivity index (χ1v) is 9.76. The van der Waals surface area contributed by atoms with Crippen molar-refractivity contribution >= 4 is 34.2 Å². The van der Waals surface area contributed by atoms with E-state index in [9.17, 15) is 32.1 Å². The number of guanidine groups is 1. The molecule has 1 heterocycles. The smallest absolute Gasteiger partial charge is 0.370 e. The molecule has 0 unspecified atom stereocenters. The third-order valence-corrected chi connectivity index (χ3v) is 5.05. The van der Waals surface area contributed by atoms with Gasteiger partial charge in [0.15, 0.2) is 16.9 Å². The normalized spacial score (nSPS) is 12.6. The van der Waals surface area contributed by atoms with Crippen molar-refractivity contribution < 1.29 is 26.9 Å². The Bertz CT molecular complexity index is 741. The molecule has 0 saturated heterocycles. The number of nitrogens with two attached hydrogens (primary N) is 1. The van der Waals surface area contributed by atoms with Crippen LogP contribution in [0.2, 0.25) is 0 Å². The first kappa shape index (κ1) is 24.7. The molecule has 9 nitrogen and oxygen atoms in total. The Balaban J connectivity index is 2.61. The molecule has 29 heavy (non-hydrogen) atoms. The van der Waals surface area contributed by atoms with Crippen LogP contribution in [0.15, 0.2) is 17.4 Å². The van der Waals surface area contributed by atoms with Crippen molar-refractivity contribution in [2.24, 2.45) is 5.73 Å². The van der Waals surface area contributed by atoms with Gasteiger partial charge in [0.05, 0.1) is 10.6 Å². The largest absolute Gasteiger partial charge is 0.455 e. The number of anilines is 1. The number of thioether (sulfide) groups is 1. The van der Waals surface area contributed by atoms with Crippen LogP contribution in [0.5, 0.6) is 0 Å².